The molecular formula is C15H13N3. The van der Waals surface area contributed by atoms with Gasteiger partial charge >= 0.3 is 0 Å². The summed E-state index contributed by atoms with van der Waals surface area (Å²) in [7, 11) is 0. The lowest BCUT2D eigenvalue weighted by Crippen LogP contribution is -1.93. The van der Waals surface area contributed by atoms with Gasteiger partial charge in [0.25, 0.3) is 0 Å². The molecule has 0 amide bonds. The normalized spacial score (nSPS) is 14.0. The number of benzene rings is 1. The monoisotopic (exact) mass is 235 g/mol. The molecule has 0 aliphatic heterocycles. The highest BCUT2D eigenvalue weighted by Crippen LogP contribution is 2.32. The average Bonchev–Trinajstić information content (AvgIpc) is 2.69. The molecule has 0 fully saturated rings. The number of nitrogens with zero attached hydrogens (tertiary/aromatic N) is 3. The molecule has 0 N–H and O–H groups in total. The molecule has 3 nitrogen and oxygen atoms in total. The second-order valence-electron chi connectivity index (χ2n) is 4.72. The summed E-state index contributed by atoms with van der Waals surface area (Å²) in [5.74, 6) is 0. The van der Waals surface area contributed by atoms with Gasteiger partial charge in [0.2, 0.25) is 0 Å². The van der Waals surface area contributed by atoms with Gasteiger partial charge in [0.05, 0.1) is 17.6 Å². The van der Waals surface area contributed by atoms with Crippen molar-refractivity contribution in [2.24, 2.45) is 0 Å². The number of aryl methyl sites for hydroxylation is 2. The van der Waals surface area contributed by atoms with Crippen LogP contribution in [0, 0.1) is 0 Å². The van der Waals surface area contributed by atoms with Crippen molar-refractivity contribution in [2.45, 2.75) is 19.3 Å². The van der Waals surface area contributed by atoms with E-state index in [1.165, 1.54) is 23.2 Å². The van der Waals surface area contributed by atoms with Crippen molar-refractivity contribution in [2.75, 3.05) is 0 Å². The summed E-state index contributed by atoms with van der Waals surface area (Å²) in [6.07, 6.45) is 9.06. The molecule has 2 heterocycles. The van der Waals surface area contributed by atoms with Gasteiger partial charge in [-0.3, -0.25) is 4.98 Å². The van der Waals surface area contributed by atoms with Gasteiger partial charge < -0.3 is 4.40 Å². The highest BCUT2D eigenvalue weighted by Gasteiger charge is 2.19. The molecule has 0 spiro atoms. The fourth-order valence-electron chi connectivity index (χ4n) is 2.83. The van der Waals surface area contributed by atoms with E-state index >= 15 is 0 Å². The minimum absolute atomic E-state index is 0.944. The van der Waals surface area contributed by atoms with E-state index in [9.17, 15) is 0 Å². The third-order valence-electron chi connectivity index (χ3n) is 3.66. The van der Waals surface area contributed by atoms with Crippen molar-refractivity contribution in [1.82, 2.24) is 14.4 Å². The maximum absolute atomic E-state index is 4.76. The Morgan fingerprint density at radius 1 is 1.11 bits per heavy atom. The van der Waals surface area contributed by atoms with Crippen LogP contribution in [0.15, 0.2) is 42.9 Å². The van der Waals surface area contributed by atoms with Crippen molar-refractivity contribution < 1.29 is 0 Å². The quantitative estimate of drug-likeness (QED) is 0.599. The molecule has 0 saturated carbocycles. The molecule has 0 saturated heterocycles. The first kappa shape index (κ1) is 9.83. The molecule has 0 bridgehead atoms. The first-order valence-corrected chi connectivity index (χ1v) is 6.33. The van der Waals surface area contributed by atoms with Gasteiger partial charge in [-0.25, -0.2) is 4.98 Å². The highest BCUT2D eigenvalue weighted by atomic mass is 15.0. The number of rotatable bonds is 0. The van der Waals surface area contributed by atoms with Gasteiger partial charge in [0.15, 0.2) is 5.65 Å². The summed E-state index contributed by atoms with van der Waals surface area (Å²) < 4.78 is 2.17. The van der Waals surface area contributed by atoms with E-state index in [0.29, 0.717) is 0 Å². The van der Waals surface area contributed by atoms with Crippen molar-refractivity contribution in [3.05, 3.63) is 54.1 Å². The molecule has 4 rings (SSSR count). The Kier molecular flexibility index (Phi) is 2.00. The third-order valence-corrected chi connectivity index (χ3v) is 3.66. The molecule has 0 unspecified atom stereocenters. The lowest BCUT2D eigenvalue weighted by molar-refractivity contribution is 0.804. The van der Waals surface area contributed by atoms with E-state index < -0.39 is 0 Å². The van der Waals surface area contributed by atoms with Crippen molar-refractivity contribution in [3.63, 3.8) is 0 Å². The van der Waals surface area contributed by atoms with Crippen LogP contribution in [0.4, 0.5) is 0 Å². The van der Waals surface area contributed by atoms with Crippen molar-refractivity contribution >= 4 is 5.65 Å². The molecule has 3 heteroatoms. The Morgan fingerprint density at radius 3 is 3.06 bits per heavy atom. The summed E-state index contributed by atoms with van der Waals surface area (Å²) in [5.41, 5.74) is 6.09. The van der Waals surface area contributed by atoms with Crippen LogP contribution < -0.4 is 0 Å². The maximum atomic E-state index is 4.76. The fourth-order valence-corrected chi connectivity index (χ4v) is 2.83. The molecule has 2 aromatic heterocycles. The minimum Gasteiger partial charge on any atom is -0.301 e. The zero-order valence-corrected chi connectivity index (χ0v) is 10.0. The van der Waals surface area contributed by atoms with Crippen LogP contribution in [0.1, 0.15) is 17.7 Å². The lowest BCUT2D eigenvalue weighted by atomic mass is 10.0. The summed E-state index contributed by atoms with van der Waals surface area (Å²) in [6, 6.07) is 8.60. The Morgan fingerprint density at radius 2 is 2.06 bits per heavy atom. The van der Waals surface area contributed by atoms with E-state index in [1.807, 2.05) is 18.6 Å². The van der Waals surface area contributed by atoms with Crippen LogP contribution >= 0.6 is 0 Å². The van der Waals surface area contributed by atoms with Crippen LogP contribution in [0.3, 0.4) is 0 Å². The second kappa shape index (κ2) is 3.67. The summed E-state index contributed by atoms with van der Waals surface area (Å²) in [5, 5.41) is 0. The van der Waals surface area contributed by atoms with Crippen LogP contribution in [0.25, 0.3) is 16.9 Å². The molecule has 0 radical (unpaired) electrons. The van der Waals surface area contributed by atoms with Gasteiger partial charge in [-0.05, 0) is 24.8 Å². The molecule has 18 heavy (non-hydrogen) atoms. The minimum atomic E-state index is 0.944. The first-order chi connectivity index (χ1) is 8.93. The molecule has 1 aliphatic carbocycles. The van der Waals surface area contributed by atoms with E-state index in [-0.39, 0.29) is 0 Å². The smallest absolute Gasteiger partial charge is 0.156 e. The zero-order chi connectivity index (χ0) is 11.9. The number of imidazole rings is 1. The van der Waals surface area contributed by atoms with Gasteiger partial charge in [0.1, 0.15) is 0 Å². The molecule has 3 aromatic rings. The molecule has 88 valence electrons. The van der Waals surface area contributed by atoms with E-state index in [2.05, 4.69) is 33.7 Å². The van der Waals surface area contributed by atoms with Crippen LogP contribution in [-0.2, 0) is 12.8 Å². The first-order valence-electron chi connectivity index (χ1n) is 6.33. The summed E-state index contributed by atoms with van der Waals surface area (Å²) in [4.78, 5) is 8.91. The standard InChI is InChI=1S/C15H13N3/c1-2-6-12-11(4-1)5-3-7-13-15(12)17-14-10-16-8-9-18(13)14/h1-2,4,6,8-10H,3,5,7H2. The largest absolute Gasteiger partial charge is 0.301 e. The lowest BCUT2D eigenvalue weighted by Gasteiger charge is -2.03. The number of aromatic nitrogens is 3. The number of fused-ring (bicyclic) bond motifs is 5. The van der Waals surface area contributed by atoms with Crippen LogP contribution in [0.2, 0.25) is 0 Å². The number of hydrogen-bond donors (Lipinski definition) is 0. The predicted molar refractivity (Wildman–Crippen MR) is 70.4 cm³/mol. The molecular weight excluding hydrogens is 222 g/mol. The van der Waals surface area contributed by atoms with E-state index in [1.54, 1.807) is 0 Å². The summed E-state index contributed by atoms with van der Waals surface area (Å²) in [6.45, 7) is 0. The van der Waals surface area contributed by atoms with Crippen molar-refractivity contribution in [1.29, 1.82) is 0 Å². The summed E-state index contributed by atoms with van der Waals surface area (Å²) >= 11 is 0. The SMILES string of the molecule is c1ccc2c(c1)CCCc1c-2nc2cnccn12. The topological polar surface area (TPSA) is 30.2 Å². The Bertz CT molecular complexity index is 727. The zero-order valence-electron chi connectivity index (χ0n) is 10.0. The molecule has 1 aromatic carbocycles. The average molecular weight is 235 g/mol. The highest BCUT2D eigenvalue weighted by molar-refractivity contribution is 5.70. The molecule has 0 atom stereocenters. The van der Waals surface area contributed by atoms with Gasteiger partial charge in [0, 0.05) is 18.0 Å². The Labute approximate surface area is 105 Å². The van der Waals surface area contributed by atoms with E-state index in [4.69, 9.17) is 4.98 Å². The predicted octanol–water partition coefficient (Wildman–Crippen LogP) is 2.89. The Hall–Kier alpha value is -2.16. The van der Waals surface area contributed by atoms with Crippen LogP contribution in [-0.4, -0.2) is 14.4 Å². The van der Waals surface area contributed by atoms with Crippen LogP contribution in [0.5, 0.6) is 0 Å². The third kappa shape index (κ3) is 1.30. The van der Waals surface area contributed by atoms with E-state index in [0.717, 1.165) is 24.2 Å². The number of hydrogen-bond acceptors (Lipinski definition) is 2. The molecule has 1 aliphatic rings. The fraction of sp³-hybridized carbons (Fsp3) is 0.200. The van der Waals surface area contributed by atoms with Crippen molar-refractivity contribution in [3.8, 4) is 11.3 Å². The second-order valence-corrected chi connectivity index (χ2v) is 4.72. The maximum Gasteiger partial charge on any atom is 0.156 e. The van der Waals surface area contributed by atoms with Gasteiger partial charge in [-0.2, -0.15) is 0 Å². The van der Waals surface area contributed by atoms with Gasteiger partial charge in [-0.1, -0.05) is 24.3 Å². The Balaban J connectivity index is 2.09. The van der Waals surface area contributed by atoms with Gasteiger partial charge in [-0.15, -0.1) is 0 Å².